The van der Waals surface area contributed by atoms with Crippen LogP contribution in [0, 0.1) is 18.2 Å². The number of quaternary nitrogens is 2. The Morgan fingerprint density at radius 2 is 1.54 bits per heavy atom. The van der Waals surface area contributed by atoms with E-state index in [4.69, 9.17) is 6.42 Å². The van der Waals surface area contributed by atoms with Gasteiger partial charge in [-0.05, 0) is 37.1 Å². The van der Waals surface area contributed by atoms with E-state index < -0.39 is 5.54 Å². The highest BCUT2D eigenvalue weighted by molar-refractivity contribution is 5.91. The number of carbonyl (C=O) groups is 2. The first-order valence-corrected chi connectivity index (χ1v) is 9.91. The molecular weight excluding hydrogens is 359 g/mol. The average Bonchev–Trinajstić information content (AvgIpc) is 2.69. The van der Waals surface area contributed by atoms with E-state index in [9.17, 15) is 14.0 Å². The third-order valence-corrected chi connectivity index (χ3v) is 5.48. The molecule has 0 aliphatic carbocycles. The number of halogens is 1. The summed E-state index contributed by atoms with van der Waals surface area (Å²) in [5.74, 6) is 2.29. The average molecular weight is 391 g/mol. The van der Waals surface area contributed by atoms with E-state index in [1.807, 2.05) is 13.8 Å². The zero-order chi connectivity index (χ0) is 20.6. The topological polar surface area (TPSA) is 67.1 Å². The summed E-state index contributed by atoms with van der Waals surface area (Å²) >= 11 is 0. The second-order valence-electron chi connectivity index (χ2n) is 7.39. The van der Waals surface area contributed by atoms with Crippen molar-refractivity contribution in [1.29, 1.82) is 0 Å². The lowest BCUT2D eigenvalue weighted by atomic mass is 9.94. The van der Waals surface area contributed by atoms with Crippen LogP contribution in [0.15, 0.2) is 24.3 Å². The van der Waals surface area contributed by atoms with Crippen LogP contribution in [0.1, 0.15) is 26.7 Å². The summed E-state index contributed by atoms with van der Waals surface area (Å²) in [7, 11) is 0. The second kappa shape index (κ2) is 10.2. The minimum atomic E-state index is -0.554. The Morgan fingerprint density at radius 1 is 1.04 bits per heavy atom. The molecular formula is C21H31FN4O2+2. The molecule has 1 saturated heterocycles. The van der Waals surface area contributed by atoms with Crippen LogP contribution in [0.4, 0.5) is 10.1 Å². The van der Waals surface area contributed by atoms with Crippen LogP contribution >= 0.6 is 0 Å². The molecule has 1 aromatic rings. The van der Waals surface area contributed by atoms with Gasteiger partial charge in [0.1, 0.15) is 37.5 Å². The number of hydrogen-bond donors (Lipinski definition) is 4. The maximum absolute atomic E-state index is 12.9. The number of carbonyl (C=O) groups excluding carboxylic acids is 2. The second-order valence-corrected chi connectivity index (χ2v) is 7.39. The minimum absolute atomic E-state index is 0.0193. The van der Waals surface area contributed by atoms with Crippen molar-refractivity contribution in [2.45, 2.75) is 32.2 Å². The van der Waals surface area contributed by atoms with Crippen LogP contribution in [0.5, 0.6) is 0 Å². The molecule has 28 heavy (non-hydrogen) atoms. The Bertz CT molecular complexity index is 702. The first kappa shape index (κ1) is 21.9. The van der Waals surface area contributed by atoms with Gasteiger partial charge in [0.25, 0.3) is 11.8 Å². The van der Waals surface area contributed by atoms with Crippen LogP contribution in [0.3, 0.4) is 0 Å². The van der Waals surface area contributed by atoms with Crippen LogP contribution in [-0.4, -0.2) is 56.6 Å². The lowest BCUT2D eigenvalue weighted by molar-refractivity contribution is -1.00. The van der Waals surface area contributed by atoms with E-state index in [0.29, 0.717) is 31.6 Å². The van der Waals surface area contributed by atoms with Crippen LogP contribution in [-0.2, 0) is 9.59 Å². The fraction of sp³-hybridized carbons (Fsp3) is 0.524. The lowest BCUT2D eigenvalue weighted by Crippen LogP contribution is -3.28. The molecule has 0 aromatic heterocycles. The number of terminal acetylenes is 1. The van der Waals surface area contributed by atoms with Gasteiger partial charge in [-0.2, -0.15) is 0 Å². The molecule has 1 fully saturated rings. The molecule has 0 bridgehead atoms. The molecule has 0 saturated carbocycles. The monoisotopic (exact) mass is 390 g/mol. The van der Waals surface area contributed by atoms with E-state index in [-0.39, 0.29) is 17.6 Å². The molecule has 4 N–H and O–H groups in total. The maximum atomic E-state index is 12.9. The van der Waals surface area contributed by atoms with Crippen molar-refractivity contribution < 1.29 is 23.8 Å². The fourth-order valence-electron chi connectivity index (χ4n) is 3.48. The fourth-order valence-corrected chi connectivity index (χ4v) is 3.48. The zero-order valence-corrected chi connectivity index (χ0v) is 16.7. The van der Waals surface area contributed by atoms with Crippen molar-refractivity contribution in [2.75, 3.05) is 44.6 Å². The quantitative estimate of drug-likeness (QED) is 0.424. The maximum Gasteiger partial charge on any atom is 0.279 e. The van der Waals surface area contributed by atoms with Crippen LogP contribution < -0.4 is 20.4 Å². The summed E-state index contributed by atoms with van der Waals surface area (Å²) in [6, 6.07) is 5.74. The van der Waals surface area contributed by atoms with Crippen molar-refractivity contribution >= 4 is 17.5 Å². The van der Waals surface area contributed by atoms with E-state index in [2.05, 4.69) is 16.6 Å². The number of hydrogen-bond acceptors (Lipinski definition) is 2. The Labute approximate surface area is 166 Å². The molecule has 6 nitrogen and oxygen atoms in total. The SMILES string of the molecule is C#CC(CC)(CC)NC(=O)C[NH+]1CC[NH+](CC(=O)Nc2ccc(F)cc2)CC1. The predicted octanol–water partition coefficient (Wildman–Crippen LogP) is -1.14. The van der Waals surface area contributed by atoms with E-state index in [0.717, 1.165) is 26.2 Å². The molecule has 1 aliphatic rings. The van der Waals surface area contributed by atoms with Gasteiger partial charge in [-0.3, -0.25) is 9.59 Å². The van der Waals surface area contributed by atoms with Crippen molar-refractivity contribution in [2.24, 2.45) is 0 Å². The first-order chi connectivity index (χ1) is 13.4. The molecule has 1 heterocycles. The molecule has 1 aliphatic heterocycles. The molecule has 0 atom stereocenters. The summed E-state index contributed by atoms with van der Waals surface area (Å²) in [6.07, 6.45) is 7.03. The van der Waals surface area contributed by atoms with Crippen LogP contribution in [0.25, 0.3) is 0 Å². The van der Waals surface area contributed by atoms with Crippen molar-refractivity contribution in [3.63, 3.8) is 0 Å². The molecule has 0 unspecified atom stereocenters. The molecule has 1 aromatic carbocycles. The standard InChI is InChI=1S/C21H29FN4O2/c1-4-21(5-2,6-3)24-20(28)16-26-13-11-25(12-14-26)15-19(27)23-18-9-7-17(22)8-10-18/h1,7-10H,5-6,11-16H2,2-3H3,(H,23,27)(H,24,28)/p+2. The van der Waals surface area contributed by atoms with E-state index in [1.54, 1.807) is 12.1 Å². The highest BCUT2D eigenvalue weighted by atomic mass is 19.1. The summed E-state index contributed by atoms with van der Waals surface area (Å²) in [4.78, 5) is 26.9. The minimum Gasteiger partial charge on any atom is -0.335 e. The Kier molecular flexibility index (Phi) is 7.97. The highest BCUT2D eigenvalue weighted by Crippen LogP contribution is 2.12. The molecule has 7 heteroatoms. The first-order valence-electron chi connectivity index (χ1n) is 9.91. The highest BCUT2D eigenvalue weighted by Gasteiger charge is 2.30. The van der Waals surface area contributed by atoms with E-state index >= 15 is 0 Å². The summed E-state index contributed by atoms with van der Waals surface area (Å²) in [6.45, 7) is 8.02. The summed E-state index contributed by atoms with van der Waals surface area (Å²) in [5.41, 5.74) is 0.0396. The van der Waals surface area contributed by atoms with E-state index in [1.165, 1.54) is 21.9 Å². The lowest BCUT2D eigenvalue weighted by Gasteiger charge is -2.31. The van der Waals surface area contributed by atoms with Gasteiger partial charge >= 0.3 is 0 Å². The normalized spacial score (nSPS) is 19.5. The van der Waals surface area contributed by atoms with Gasteiger partial charge in [-0.15, -0.1) is 6.42 Å². The number of benzene rings is 1. The Morgan fingerprint density at radius 3 is 2.00 bits per heavy atom. The van der Waals surface area contributed by atoms with Gasteiger partial charge in [-0.1, -0.05) is 19.8 Å². The van der Waals surface area contributed by atoms with Gasteiger partial charge in [0.15, 0.2) is 13.1 Å². The van der Waals surface area contributed by atoms with Crippen molar-refractivity contribution in [1.82, 2.24) is 5.32 Å². The predicted molar refractivity (Wildman–Crippen MR) is 106 cm³/mol. The molecule has 0 radical (unpaired) electrons. The number of anilines is 1. The van der Waals surface area contributed by atoms with Gasteiger partial charge in [0.2, 0.25) is 0 Å². The summed E-state index contributed by atoms with van der Waals surface area (Å²) < 4.78 is 12.9. The zero-order valence-electron chi connectivity index (χ0n) is 16.7. The third-order valence-electron chi connectivity index (χ3n) is 5.48. The largest absolute Gasteiger partial charge is 0.335 e. The molecule has 0 spiro atoms. The van der Waals surface area contributed by atoms with Gasteiger partial charge in [0, 0.05) is 5.69 Å². The van der Waals surface area contributed by atoms with Crippen LogP contribution in [0.2, 0.25) is 0 Å². The summed E-state index contributed by atoms with van der Waals surface area (Å²) in [5, 5.41) is 5.80. The number of piperazine rings is 1. The Balaban J connectivity index is 1.73. The number of amides is 2. The molecule has 152 valence electrons. The van der Waals surface area contributed by atoms with Gasteiger partial charge in [-0.25, -0.2) is 4.39 Å². The molecule has 2 amide bonds. The van der Waals surface area contributed by atoms with Gasteiger partial charge < -0.3 is 20.4 Å². The Hall–Kier alpha value is -2.43. The van der Waals surface area contributed by atoms with Crippen molar-refractivity contribution in [3.05, 3.63) is 30.1 Å². The smallest absolute Gasteiger partial charge is 0.279 e. The molecule has 2 rings (SSSR count). The number of nitrogens with one attached hydrogen (secondary N) is 4. The third kappa shape index (κ3) is 6.32. The van der Waals surface area contributed by atoms with Crippen molar-refractivity contribution in [3.8, 4) is 12.3 Å². The van der Waals surface area contributed by atoms with Gasteiger partial charge in [0.05, 0.1) is 0 Å². The number of rotatable bonds is 8.